The van der Waals surface area contributed by atoms with Crippen molar-refractivity contribution in [3.8, 4) is 0 Å². The maximum Gasteiger partial charge on any atom is 0.268 e. The zero-order valence-corrected chi connectivity index (χ0v) is 10.6. The molecule has 1 heterocycles. The Balaban J connectivity index is 2.77. The molecule has 0 aromatic carbocycles. The lowest BCUT2D eigenvalue weighted by Crippen LogP contribution is -2.32. The molecule has 0 fully saturated rings. The van der Waals surface area contributed by atoms with E-state index in [4.69, 9.17) is 10.5 Å². The van der Waals surface area contributed by atoms with Gasteiger partial charge in [-0.3, -0.25) is 4.79 Å². The minimum Gasteiger partial charge on any atom is -0.383 e. The van der Waals surface area contributed by atoms with E-state index in [0.717, 1.165) is 12.2 Å². The lowest BCUT2D eigenvalue weighted by molar-refractivity contribution is 0.206. The molecule has 0 unspecified atom stereocenters. The van der Waals surface area contributed by atoms with Gasteiger partial charge in [-0.1, -0.05) is 0 Å². The first kappa shape index (κ1) is 13.7. The summed E-state index contributed by atoms with van der Waals surface area (Å²) in [4.78, 5) is 13.7. The molecule has 0 spiro atoms. The molecule has 0 saturated carbocycles. The average molecular weight is 240 g/mol. The van der Waals surface area contributed by atoms with Gasteiger partial charge in [0.25, 0.3) is 5.56 Å². The molecule has 0 radical (unpaired) electrons. The van der Waals surface area contributed by atoms with Gasteiger partial charge in [-0.2, -0.15) is 5.10 Å². The molecule has 6 heteroatoms. The summed E-state index contributed by atoms with van der Waals surface area (Å²) in [6.07, 6.45) is 1.67. The van der Waals surface area contributed by atoms with E-state index in [2.05, 4.69) is 5.10 Å². The molecule has 17 heavy (non-hydrogen) atoms. The van der Waals surface area contributed by atoms with Crippen LogP contribution < -0.4 is 16.2 Å². The van der Waals surface area contributed by atoms with Crippen molar-refractivity contribution in [2.24, 2.45) is 5.73 Å². The summed E-state index contributed by atoms with van der Waals surface area (Å²) in [6, 6.07) is 1.47. The van der Waals surface area contributed by atoms with Crippen LogP contribution >= 0.6 is 0 Å². The third kappa shape index (κ3) is 4.16. The lowest BCUT2D eigenvalue weighted by Gasteiger charge is -2.18. The Bertz CT molecular complexity index is 403. The Kier molecular flexibility index (Phi) is 5.11. The first-order valence-corrected chi connectivity index (χ1v) is 5.57. The van der Waals surface area contributed by atoms with E-state index in [1.165, 1.54) is 4.68 Å². The van der Waals surface area contributed by atoms with Crippen LogP contribution in [0.1, 0.15) is 6.92 Å². The molecule has 2 N–H and O–H groups in total. The molecule has 96 valence electrons. The van der Waals surface area contributed by atoms with Gasteiger partial charge in [-0.05, 0) is 6.92 Å². The third-order valence-electron chi connectivity index (χ3n) is 2.39. The van der Waals surface area contributed by atoms with Crippen molar-refractivity contribution in [2.45, 2.75) is 19.5 Å². The largest absolute Gasteiger partial charge is 0.383 e. The smallest absolute Gasteiger partial charge is 0.268 e. The predicted octanol–water partition coefficient (Wildman–Crippen LogP) is -0.327. The Morgan fingerprint density at radius 2 is 2.35 bits per heavy atom. The monoisotopic (exact) mass is 240 g/mol. The van der Waals surface area contributed by atoms with E-state index in [9.17, 15) is 4.79 Å². The highest BCUT2D eigenvalue weighted by Gasteiger charge is 2.05. The van der Waals surface area contributed by atoms with Crippen LogP contribution in [-0.4, -0.2) is 43.1 Å². The lowest BCUT2D eigenvalue weighted by atomic mass is 10.3. The first-order valence-electron chi connectivity index (χ1n) is 5.57. The molecule has 1 rings (SSSR count). The van der Waals surface area contributed by atoms with E-state index in [0.29, 0.717) is 13.2 Å². The van der Waals surface area contributed by atoms with Crippen LogP contribution in [-0.2, 0) is 11.3 Å². The van der Waals surface area contributed by atoms with Crippen LogP contribution in [0.25, 0.3) is 0 Å². The van der Waals surface area contributed by atoms with Gasteiger partial charge in [-0.15, -0.1) is 0 Å². The number of methoxy groups -OCH3 is 1. The van der Waals surface area contributed by atoms with Gasteiger partial charge in [0.1, 0.15) is 0 Å². The fourth-order valence-electron chi connectivity index (χ4n) is 1.40. The molecule has 0 aliphatic rings. The van der Waals surface area contributed by atoms with Crippen molar-refractivity contribution in [2.75, 3.05) is 32.2 Å². The van der Waals surface area contributed by atoms with Gasteiger partial charge >= 0.3 is 0 Å². The van der Waals surface area contributed by atoms with Crippen LogP contribution in [0.5, 0.6) is 0 Å². The van der Waals surface area contributed by atoms with Gasteiger partial charge in [0.2, 0.25) is 0 Å². The van der Waals surface area contributed by atoms with Gasteiger partial charge in [-0.25, -0.2) is 4.68 Å². The quantitative estimate of drug-likeness (QED) is 0.737. The molecule has 0 aliphatic carbocycles. The van der Waals surface area contributed by atoms with Crippen molar-refractivity contribution in [1.82, 2.24) is 9.78 Å². The Morgan fingerprint density at radius 1 is 1.65 bits per heavy atom. The fraction of sp³-hybridized carbons (Fsp3) is 0.636. The number of hydrogen-bond acceptors (Lipinski definition) is 5. The van der Waals surface area contributed by atoms with Crippen molar-refractivity contribution < 1.29 is 4.74 Å². The number of aromatic nitrogens is 2. The standard InChI is InChI=1S/C11H20N4O2/c1-9(12)8-15-11(16)6-10(7-13-15)14(2)4-5-17-3/h6-7,9H,4-5,8,12H2,1-3H3/t9-/m0/s1. The molecule has 0 amide bonds. The summed E-state index contributed by atoms with van der Waals surface area (Å²) in [5, 5.41) is 4.09. The average Bonchev–Trinajstić information content (AvgIpc) is 2.28. The summed E-state index contributed by atoms with van der Waals surface area (Å²) in [6.45, 7) is 3.60. The van der Waals surface area contributed by atoms with Crippen LogP contribution in [0.2, 0.25) is 0 Å². The maximum atomic E-state index is 11.7. The predicted molar refractivity (Wildman–Crippen MR) is 67.3 cm³/mol. The minimum absolute atomic E-state index is 0.0859. The Labute approximate surface area is 101 Å². The number of nitrogens with two attached hydrogens (primary N) is 1. The second-order valence-electron chi connectivity index (χ2n) is 4.13. The zero-order chi connectivity index (χ0) is 12.8. The van der Waals surface area contributed by atoms with E-state index in [1.54, 1.807) is 19.4 Å². The highest BCUT2D eigenvalue weighted by Crippen LogP contribution is 2.06. The van der Waals surface area contributed by atoms with Crippen molar-refractivity contribution in [1.29, 1.82) is 0 Å². The molecule has 0 bridgehead atoms. The van der Waals surface area contributed by atoms with E-state index >= 15 is 0 Å². The molecular weight excluding hydrogens is 220 g/mol. The SMILES string of the molecule is COCCN(C)c1cnn(C[C@H](C)N)c(=O)c1. The summed E-state index contributed by atoms with van der Waals surface area (Å²) in [5.41, 5.74) is 6.28. The van der Waals surface area contributed by atoms with Crippen molar-refractivity contribution in [3.63, 3.8) is 0 Å². The van der Waals surface area contributed by atoms with Crippen molar-refractivity contribution >= 4 is 5.69 Å². The van der Waals surface area contributed by atoms with Crippen LogP contribution in [0.4, 0.5) is 5.69 Å². The Hall–Kier alpha value is -1.40. The third-order valence-corrected chi connectivity index (χ3v) is 2.39. The topological polar surface area (TPSA) is 73.4 Å². The first-order chi connectivity index (χ1) is 8.04. The molecule has 1 atom stereocenters. The van der Waals surface area contributed by atoms with Crippen LogP contribution in [0, 0.1) is 0 Å². The molecule has 0 saturated heterocycles. The molecule has 1 aromatic heterocycles. The fourth-order valence-corrected chi connectivity index (χ4v) is 1.40. The number of likely N-dealkylation sites (N-methyl/N-ethyl adjacent to an activating group) is 1. The second-order valence-corrected chi connectivity index (χ2v) is 4.13. The van der Waals surface area contributed by atoms with Crippen LogP contribution in [0.15, 0.2) is 17.1 Å². The van der Waals surface area contributed by atoms with Crippen molar-refractivity contribution in [3.05, 3.63) is 22.6 Å². The van der Waals surface area contributed by atoms with Gasteiger partial charge in [0.05, 0.1) is 25.0 Å². The van der Waals surface area contributed by atoms with E-state index in [1.807, 2.05) is 18.9 Å². The maximum absolute atomic E-state index is 11.7. The molecule has 1 aromatic rings. The summed E-state index contributed by atoms with van der Waals surface area (Å²) < 4.78 is 6.35. The molecule has 0 aliphatic heterocycles. The highest BCUT2D eigenvalue weighted by molar-refractivity contribution is 5.41. The zero-order valence-electron chi connectivity index (χ0n) is 10.6. The minimum atomic E-state index is -0.135. The number of rotatable bonds is 6. The normalized spacial score (nSPS) is 12.5. The molecular formula is C11H20N4O2. The van der Waals surface area contributed by atoms with E-state index < -0.39 is 0 Å². The number of nitrogens with zero attached hydrogens (tertiary/aromatic N) is 3. The summed E-state index contributed by atoms with van der Waals surface area (Å²) in [5.74, 6) is 0. The van der Waals surface area contributed by atoms with E-state index in [-0.39, 0.29) is 11.6 Å². The van der Waals surface area contributed by atoms with Gasteiger partial charge < -0.3 is 15.4 Å². The van der Waals surface area contributed by atoms with Gasteiger partial charge in [0.15, 0.2) is 0 Å². The molecule has 6 nitrogen and oxygen atoms in total. The van der Waals surface area contributed by atoms with Gasteiger partial charge in [0, 0.05) is 32.8 Å². The Morgan fingerprint density at radius 3 is 2.88 bits per heavy atom. The summed E-state index contributed by atoms with van der Waals surface area (Å²) in [7, 11) is 3.54. The summed E-state index contributed by atoms with van der Waals surface area (Å²) >= 11 is 0. The highest BCUT2D eigenvalue weighted by atomic mass is 16.5. The second kappa shape index (κ2) is 6.36. The number of hydrogen-bond donors (Lipinski definition) is 1. The number of ether oxygens (including phenoxy) is 1. The van der Waals surface area contributed by atoms with Crippen LogP contribution in [0.3, 0.4) is 0 Å². The number of anilines is 1.